The Morgan fingerprint density at radius 2 is 1.95 bits per heavy atom. The number of nitrogens with zero attached hydrogens (tertiary/aromatic N) is 1. The molecule has 1 aliphatic heterocycles. The third-order valence-electron chi connectivity index (χ3n) is 2.56. The second kappa shape index (κ2) is 5.03. The molecular weight excluding hydrogens is 311 g/mol. The summed E-state index contributed by atoms with van der Waals surface area (Å²) in [5, 5.41) is 0.742. The summed E-state index contributed by atoms with van der Waals surface area (Å²) in [5.41, 5.74) is 1.01. The summed E-state index contributed by atoms with van der Waals surface area (Å²) in [5.74, 6) is -0.650. The molecule has 0 bridgehead atoms. The lowest BCUT2D eigenvalue weighted by molar-refractivity contribution is -0.115. The van der Waals surface area contributed by atoms with E-state index in [0.717, 1.165) is 4.31 Å². The zero-order chi connectivity index (χ0) is 14.2. The molecule has 1 heterocycles. The number of nitrogens with one attached hydrogen (secondary N) is 1. The molecule has 19 heavy (non-hydrogen) atoms. The fourth-order valence-corrected chi connectivity index (χ4v) is 3.17. The lowest BCUT2D eigenvalue weighted by Crippen LogP contribution is -2.45. The van der Waals surface area contributed by atoms with Crippen molar-refractivity contribution in [3.8, 4) is 0 Å². The lowest BCUT2D eigenvalue weighted by Gasteiger charge is -2.27. The van der Waals surface area contributed by atoms with E-state index in [4.69, 9.17) is 23.2 Å². The molecule has 5 nitrogen and oxygen atoms in total. The number of carbonyl (C=O) groups is 1. The van der Waals surface area contributed by atoms with Gasteiger partial charge >= 0.3 is 10.2 Å². The van der Waals surface area contributed by atoms with E-state index in [9.17, 15) is 13.2 Å². The first-order valence-electron chi connectivity index (χ1n) is 5.26. The van der Waals surface area contributed by atoms with Crippen LogP contribution in [0.3, 0.4) is 0 Å². The normalized spacial score (nSPS) is 17.9. The van der Waals surface area contributed by atoms with Crippen LogP contribution in [0.25, 0.3) is 0 Å². The van der Waals surface area contributed by atoms with Gasteiger partial charge in [-0.2, -0.15) is 8.42 Å². The van der Waals surface area contributed by atoms with E-state index in [1.807, 2.05) is 4.72 Å². The first-order valence-corrected chi connectivity index (χ1v) is 7.46. The Kier molecular flexibility index (Phi) is 3.75. The minimum atomic E-state index is -3.85. The van der Waals surface area contributed by atoms with Crippen molar-refractivity contribution in [3.63, 3.8) is 0 Å². The van der Waals surface area contributed by atoms with Gasteiger partial charge in [0.25, 0.3) is 5.91 Å². The number of allylic oxidation sites excluding steroid dienone is 1. The Balaban J connectivity index is 2.34. The Morgan fingerprint density at radius 3 is 2.53 bits per heavy atom. The van der Waals surface area contributed by atoms with Crippen LogP contribution >= 0.6 is 23.2 Å². The van der Waals surface area contributed by atoms with Crippen molar-refractivity contribution < 1.29 is 13.2 Å². The van der Waals surface area contributed by atoms with Crippen LogP contribution < -0.4 is 4.72 Å². The van der Waals surface area contributed by atoms with Gasteiger partial charge in [-0.05, 0) is 24.6 Å². The summed E-state index contributed by atoms with van der Waals surface area (Å²) >= 11 is 11.7. The van der Waals surface area contributed by atoms with Crippen molar-refractivity contribution in [2.24, 2.45) is 0 Å². The van der Waals surface area contributed by atoms with Gasteiger partial charge in [-0.15, -0.1) is 0 Å². The molecular formula is C11H10Cl2N2O3S. The zero-order valence-corrected chi connectivity index (χ0v) is 12.2. The van der Waals surface area contributed by atoms with Crippen molar-refractivity contribution >= 4 is 39.3 Å². The van der Waals surface area contributed by atoms with Crippen LogP contribution in [0.1, 0.15) is 12.5 Å². The summed E-state index contributed by atoms with van der Waals surface area (Å²) in [6, 6.07) is 4.85. The molecule has 1 aromatic rings. The molecule has 1 N–H and O–H groups in total. The van der Waals surface area contributed by atoms with Gasteiger partial charge < -0.3 is 0 Å². The standard InChI is InChI=1S/C11H10Cl2N2O3S/c1-7-4-11(16)14-19(17,18)15(7)6-8-2-3-9(12)10(13)5-8/h2-5H,6H2,1H3,(H,14,16). The highest BCUT2D eigenvalue weighted by atomic mass is 35.5. The van der Waals surface area contributed by atoms with Gasteiger partial charge in [0.2, 0.25) is 0 Å². The summed E-state index contributed by atoms with van der Waals surface area (Å²) < 4.78 is 26.7. The minimum absolute atomic E-state index is 0.0713. The minimum Gasteiger partial charge on any atom is -0.269 e. The number of amides is 1. The van der Waals surface area contributed by atoms with E-state index in [1.165, 1.54) is 6.08 Å². The predicted molar refractivity (Wildman–Crippen MR) is 72.8 cm³/mol. The molecule has 1 aromatic carbocycles. The second-order valence-corrected chi connectivity index (χ2v) is 6.42. The molecule has 1 aliphatic rings. The summed E-state index contributed by atoms with van der Waals surface area (Å²) in [6.07, 6.45) is 1.22. The van der Waals surface area contributed by atoms with Gasteiger partial charge in [-0.3, -0.25) is 9.10 Å². The highest BCUT2D eigenvalue weighted by Gasteiger charge is 2.28. The molecule has 0 aliphatic carbocycles. The lowest BCUT2D eigenvalue weighted by atomic mass is 10.2. The maximum atomic E-state index is 11.9. The van der Waals surface area contributed by atoms with Gasteiger partial charge in [0, 0.05) is 11.8 Å². The van der Waals surface area contributed by atoms with Gasteiger partial charge in [-0.25, -0.2) is 4.72 Å². The molecule has 0 saturated heterocycles. The van der Waals surface area contributed by atoms with E-state index in [-0.39, 0.29) is 6.54 Å². The summed E-state index contributed by atoms with van der Waals surface area (Å²) in [6.45, 7) is 1.62. The molecule has 0 radical (unpaired) electrons. The fraction of sp³-hybridized carbons (Fsp3) is 0.182. The summed E-state index contributed by atoms with van der Waals surface area (Å²) in [4.78, 5) is 11.2. The Hall–Kier alpha value is -1.24. The number of halogens is 2. The molecule has 0 saturated carbocycles. The van der Waals surface area contributed by atoms with Crippen LogP contribution in [0, 0.1) is 0 Å². The summed E-state index contributed by atoms with van der Waals surface area (Å²) in [7, 11) is -3.85. The quantitative estimate of drug-likeness (QED) is 0.907. The second-order valence-electron chi connectivity index (χ2n) is 4.01. The monoisotopic (exact) mass is 320 g/mol. The van der Waals surface area contributed by atoms with Crippen LogP contribution in [-0.4, -0.2) is 18.6 Å². The van der Waals surface area contributed by atoms with Gasteiger partial charge in [0.05, 0.1) is 16.6 Å². The number of hydrogen-bond acceptors (Lipinski definition) is 3. The average molecular weight is 321 g/mol. The van der Waals surface area contributed by atoms with Crippen LogP contribution in [0.15, 0.2) is 30.0 Å². The van der Waals surface area contributed by atoms with Crippen molar-refractivity contribution in [2.75, 3.05) is 0 Å². The topological polar surface area (TPSA) is 66.5 Å². The third kappa shape index (κ3) is 3.02. The maximum absolute atomic E-state index is 11.9. The molecule has 0 aromatic heterocycles. The number of benzene rings is 1. The van der Waals surface area contributed by atoms with Crippen molar-refractivity contribution in [1.29, 1.82) is 0 Å². The molecule has 102 valence electrons. The SMILES string of the molecule is CC1=CC(=O)NS(=O)(=O)N1Cc1ccc(Cl)c(Cl)c1. The van der Waals surface area contributed by atoms with Crippen molar-refractivity contribution in [1.82, 2.24) is 9.03 Å². The first kappa shape index (κ1) is 14.2. The molecule has 0 spiro atoms. The van der Waals surface area contributed by atoms with E-state index < -0.39 is 16.1 Å². The highest BCUT2D eigenvalue weighted by Crippen LogP contribution is 2.25. The molecule has 2 rings (SSSR count). The predicted octanol–water partition coefficient (Wildman–Crippen LogP) is 2.07. The molecule has 0 unspecified atom stereocenters. The average Bonchev–Trinajstić information content (AvgIpc) is 2.27. The molecule has 1 amide bonds. The van der Waals surface area contributed by atoms with E-state index in [1.54, 1.807) is 25.1 Å². The Bertz CT molecular complexity index is 671. The molecule has 0 fully saturated rings. The Morgan fingerprint density at radius 1 is 1.26 bits per heavy atom. The van der Waals surface area contributed by atoms with Crippen LogP contribution in [-0.2, 0) is 21.5 Å². The smallest absolute Gasteiger partial charge is 0.269 e. The van der Waals surface area contributed by atoms with Crippen LogP contribution in [0.5, 0.6) is 0 Å². The van der Waals surface area contributed by atoms with E-state index in [2.05, 4.69) is 0 Å². The van der Waals surface area contributed by atoms with Crippen molar-refractivity contribution in [3.05, 3.63) is 45.6 Å². The third-order valence-corrected chi connectivity index (χ3v) is 4.76. The van der Waals surface area contributed by atoms with Gasteiger partial charge in [0.15, 0.2) is 0 Å². The Labute approximate surface area is 121 Å². The molecule has 8 heteroatoms. The van der Waals surface area contributed by atoms with E-state index in [0.29, 0.717) is 21.3 Å². The fourth-order valence-electron chi connectivity index (χ4n) is 1.68. The van der Waals surface area contributed by atoms with Crippen molar-refractivity contribution in [2.45, 2.75) is 13.5 Å². The van der Waals surface area contributed by atoms with Gasteiger partial charge in [-0.1, -0.05) is 29.3 Å². The first-order chi connectivity index (χ1) is 8.79. The zero-order valence-electron chi connectivity index (χ0n) is 9.85. The maximum Gasteiger partial charge on any atom is 0.326 e. The molecule has 0 atom stereocenters. The van der Waals surface area contributed by atoms with Crippen LogP contribution in [0.2, 0.25) is 10.0 Å². The van der Waals surface area contributed by atoms with E-state index >= 15 is 0 Å². The van der Waals surface area contributed by atoms with Crippen LogP contribution in [0.4, 0.5) is 0 Å². The van der Waals surface area contributed by atoms with Gasteiger partial charge in [0.1, 0.15) is 0 Å². The largest absolute Gasteiger partial charge is 0.326 e. The number of carbonyl (C=O) groups excluding carboxylic acids is 1. The highest BCUT2D eigenvalue weighted by molar-refractivity contribution is 7.87. The number of rotatable bonds is 2. The number of hydrogen-bond donors (Lipinski definition) is 1.